The molecule has 1 heterocycles. The van der Waals surface area contributed by atoms with Crippen molar-refractivity contribution in [1.29, 1.82) is 0 Å². The van der Waals surface area contributed by atoms with E-state index < -0.39 is 0 Å². The molecular weight excluding hydrogens is 192 g/mol. The zero-order chi connectivity index (χ0) is 10.7. The second-order valence-electron chi connectivity index (χ2n) is 4.27. The average Bonchev–Trinajstić information content (AvgIpc) is 2.87. The van der Waals surface area contributed by atoms with E-state index in [1.54, 1.807) is 0 Å². The van der Waals surface area contributed by atoms with Gasteiger partial charge >= 0.3 is 0 Å². The van der Waals surface area contributed by atoms with Crippen molar-refractivity contribution in [2.24, 2.45) is 5.92 Å². The molecule has 1 unspecified atom stereocenters. The summed E-state index contributed by atoms with van der Waals surface area (Å²) in [6.07, 6.45) is 5.74. The first-order valence-corrected chi connectivity index (χ1v) is 5.79. The molecule has 0 bridgehead atoms. The highest BCUT2D eigenvalue weighted by Gasteiger charge is 2.24. The molecule has 1 aromatic heterocycles. The number of aliphatic hydroxyl groups is 1. The van der Waals surface area contributed by atoms with E-state index in [9.17, 15) is 5.11 Å². The molecule has 0 saturated heterocycles. The Kier molecular flexibility index (Phi) is 3.36. The molecule has 4 heteroatoms. The third kappa shape index (κ3) is 2.56. The molecule has 4 nitrogen and oxygen atoms in total. The van der Waals surface area contributed by atoms with Crippen LogP contribution in [0.25, 0.3) is 0 Å². The van der Waals surface area contributed by atoms with Crippen LogP contribution in [0.5, 0.6) is 0 Å². The van der Waals surface area contributed by atoms with Crippen molar-refractivity contribution in [3.05, 3.63) is 11.7 Å². The minimum atomic E-state index is -0.308. The molecule has 0 aliphatic heterocycles. The number of rotatable bonds is 4. The van der Waals surface area contributed by atoms with E-state index in [-0.39, 0.29) is 6.10 Å². The minimum Gasteiger partial charge on any atom is -0.392 e. The summed E-state index contributed by atoms with van der Waals surface area (Å²) in [5, 5.41) is 13.8. The predicted molar refractivity (Wildman–Crippen MR) is 55.3 cm³/mol. The highest BCUT2D eigenvalue weighted by molar-refractivity contribution is 4.89. The Morgan fingerprint density at radius 3 is 2.80 bits per heavy atom. The normalized spacial score (nSPS) is 19.6. The maximum Gasteiger partial charge on any atom is 0.229 e. The van der Waals surface area contributed by atoms with Crippen LogP contribution in [0.4, 0.5) is 0 Å². The zero-order valence-electron chi connectivity index (χ0n) is 9.15. The molecule has 1 saturated carbocycles. The van der Waals surface area contributed by atoms with Crippen LogP contribution in [0.2, 0.25) is 0 Å². The first-order chi connectivity index (χ1) is 7.29. The van der Waals surface area contributed by atoms with Gasteiger partial charge in [-0.25, -0.2) is 0 Å². The van der Waals surface area contributed by atoms with Crippen LogP contribution in [0.15, 0.2) is 4.52 Å². The van der Waals surface area contributed by atoms with Gasteiger partial charge in [-0.1, -0.05) is 24.9 Å². The summed E-state index contributed by atoms with van der Waals surface area (Å²) in [6, 6.07) is 0. The number of hydrogen-bond acceptors (Lipinski definition) is 4. The maximum atomic E-state index is 9.96. The quantitative estimate of drug-likeness (QED) is 0.822. The van der Waals surface area contributed by atoms with Gasteiger partial charge in [-0.3, -0.25) is 0 Å². The minimum absolute atomic E-state index is 0.308. The van der Waals surface area contributed by atoms with Crippen LogP contribution in [0.1, 0.15) is 44.3 Å². The lowest BCUT2D eigenvalue weighted by atomic mass is 9.98. The van der Waals surface area contributed by atoms with Crippen molar-refractivity contribution in [2.75, 3.05) is 0 Å². The van der Waals surface area contributed by atoms with E-state index in [0.717, 1.165) is 25.1 Å². The number of nitrogens with zero attached hydrogens (tertiary/aromatic N) is 2. The van der Waals surface area contributed by atoms with Gasteiger partial charge in [0, 0.05) is 6.42 Å². The van der Waals surface area contributed by atoms with Crippen LogP contribution < -0.4 is 0 Å². The summed E-state index contributed by atoms with van der Waals surface area (Å²) in [5.74, 6) is 1.73. The highest BCUT2D eigenvalue weighted by atomic mass is 16.5. The van der Waals surface area contributed by atoms with Crippen molar-refractivity contribution >= 4 is 0 Å². The summed E-state index contributed by atoms with van der Waals surface area (Å²) >= 11 is 0. The van der Waals surface area contributed by atoms with Crippen LogP contribution >= 0.6 is 0 Å². The van der Waals surface area contributed by atoms with E-state index in [1.807, 2.05) is 6.92 Å². The molecule has 15 heavy (non-hydrogen) atoms. The van der Waals surface area contributed by atoms with E-state index in [1.165, 1.54) is 12.8 Å². The highest BCUT2D eigenvalue weighted by Crippen LogP contribution is 2.28. The molecule has 0 aromatic carbocycles. The standard InChI is InChI=1S/C11H18N2O2/c1-2-10-12-11(15-13-10)7-9(14)8-5-3-4-6-8/h8-9,14H,2-7H2,1H3. The van der Waals surface area contributed by atoms with Gasteiger partial charge in [0.1, 0.15) is 0 Å². The molecular formula is C11H18N2O2. The third-order valence-electron chi connectivity index (χ3n) is 3.15. The lowest BCUT2D eigenvalue weighted by Gasteiger charge is -2.14. The van der Waals surface area contributed by atoms with Crippen molar-refractivity contribution in [3.8, 4) is 0 Å². The summed E-state index contributed by atoms with van der Waals surface area (Å²) < 4.78 is 5.06. The van der Waals surface area contributed by atoms with Gasteiger partial charge in [0.05, 0.1) is 12.5 Å². The fraction of sp³-hybridized carbons (Fsp3) is 0.818. The van der Waals surface area contributed by atoms with Gasteiger partial charge in [0.25, 0.3) is 0 Å². The Hall–Kier alpha value is -0.900. The van der Waals surface area contributed by atoms with Gasteiger partial charge < -0.3 is 9.63 Å². The molecule has 1 fully saturated rings. The Labute approximate surface area is 89.7 Å². The molecule has 0 amide bonds. The predicted octanol–water partition coefficient (Wildman–Crippen LogP) is 1.73. The molecule has 1 aromatic rings. The lowest BCUT2D eigenvalue weighted by Crippen LogP contribution is -2.20. The SMILES string of the molecule is CCc1noc(CC(O)C2CCCC2)n1. The summed E-state index contributed by atoms with van der Waals surface area (Å²) in [6.45, 7) is 1.99. The average molecular weight is 210 g/mol. The third-order valence-corrected chi connectivity index (χ3v) is 3.15. The summed E-state index contributed by atoms with van der Waals surface area (Å²) in [7, 11) is 0. The fourth-order valence-corrected chi connectivity index (χ4v) is 2.20. The molecule has 1 aliphatic carbocycles. The Balaban J connectivity index is 1.89. The van der Waals surface area contributed by atoms with Crippen molar-refractivity contribution in [2.45, 2.75) is 51.6 Å². The lowest BCUT2D eigenvalue weighted by molar-refractivity contribution is 0.102. The number of aliphatic hydroxyl groups excluding tert-OH is 1. The van der Waals surface area contributed by atoms with E-state index in [2.05, 4.69) is 10.1 Å². The molecule has 2 rings (SSSR count). The van der Waals surface area contributed by atoms with Crippen LogP contribution in [0.3, 0.4) is 0 Å². The molecule has 0 spiro atoms. The number of aryl methyl sites for hydroxylation is 1. The summed E-state index contributed by atoms with van der Waals surface area (Å²) in [4.78, 5) is 4.20. The van der Waals surface area contributed by atoms with E-state index in [4.69, 9.17) is 4.52 Å². The monoisotopic (exact) mass is 210 g/mol. The Morgan fingerprint density at radius 1 is 1.47 bits per heavy atom. The number of aromatic nitrogens is 2. The topological polar surface area (TPSA) is 59.2 Å². The smallest absolute Gasteiger partial charge is 0.229 e. The molecule has 0 radical (unpaired) electrons. The van der Waals surface area contributed by atoms with Gasteiger partial charge in [0.15, 0.2) is 5.82 Å². The second kappa shape index (κ2) is 4.75. The van der Waals surface area contributed by atoms with E-state index >= 15 is 0 Å². The van der Waals surface area contributed by atoms with Crippen molar-refractivity contribution in [3.63, 3.8) is 0 Å². The van der Waals surface area contributed by atoms with Gasteiger partial charge in [0.2, 0.25) is 5.89 Å². The van der Waals surface area contributed by atoms with Gasteiger partial charge in [-0.15, -0.1) is 0 Å². The summed E-state index contributed by atoms with van der Waals surface area (Å²) in [5.41, 5.74) is 0. The van der Waals surface area contributed by atoms with Crippen LogP contribution in [-0.4, -0.2) is 21.4 Å². The molecule has 84 valence electrons. The zero-order valence-corrected chi connectivity index (χ0v) is 9.15. The number of hydrogen-bond donors (Lipinski definition) is 1. The first-order valence-electron chi connectivity index (χ1n) is 5.79. The van der Waals surface area contributed by atoms with E-state index in [0.29, 0.717) is 18.2 Å². The maximum absolute atomic E-state index is 9.96. The molecule has 1 N–H and O–H groups in total. The Bertz CT molecular complexity index is 305. The second-order valence-corrected chi connectivity index (χ2v) is 4.27. The molecule has 1 atom stereocenters. The van der Waals surface area contributed by atoms with Crippen LogP contribution in [-0.2, 0) is 12.8 Å². The Morgan fingerprint density at radius 2 is 2.20 bits per heavy atom. The van der Waals surface area contributed by atoms with Gasteiger partial charge in [-0.05, 0) is 18.8 Å². The van der Waals surface area contributed by atoms with Crippen LogP contribution in [0, 0.1) is 5.92 Å². The largest absolute Gasteiger partial charge is 0.392 e. The first kappa shape index (κ1) is 10.6. The fourth-order valence-electron chi connectivity index (χ4n) is 2.20. The molecule has 1 aliphatic rings. The van der Waals surface area contributed by atoms with Crippen molar-refractivity contribution in [1.82, 2.24) is 10.1 Å². The van der Waals surface area contributed by atoms with Crippen molar-refractivity contribution < 1.29 is 9.63 Å². The van der Waals surface area contributed by atoms with Gasteiger partial charge in [-0.2, -0.15) is 4.98 Å².